The summed E-state index contributed by atoms with van der Waals surface area (Å²) in [4.78, 5) is 27.3. The molecule has 1 N–H and O–H groups in total. The van der Waals surface area contributed by atoms with Crippen molar-refractivity contribution in [1.29, 1.82) is 0 Å². The Labute approximate surface area is 207 Å². The van der Waals surface area contributed by atoms with Crippen LogP contribution in [0.5, 0.6) is 0 Å². The lowest BCUT2D eigenvalue weighted by atomic mass is 9.97. The molecule has 1 aromatic rings. The number of piperidine rings is 1. The molecule has 2 amide bonds. The molecule has 2 saturated heterocycles. The van der Waals surface area contributed by atoms with Crippen LogP contribution < -0.4 is 0 Å². The topological polar surface area (TPSA) is 136 Å². The molecule has 0 aromatic heterocycles. The Bertz CT molecular complexity index is 1130. The Morgan fingerprint density at radius 1 is 0.971 bits per heavy atom. The predicted molar refractivity (Wildman–Crippen MR) is 129 cm³/mol. The monoisotopic (exact) mass is 530 g/mol. The van der Waals surface area contributed by atoms with Gasteiger partial charge in [-0.15, -0.1) is 0 Å². The molecule has 0 saturated carbocycles. The summed E-state index contributed by atoms with van der Waals surface area (Å²) in [6, 6.07) is 4.90. The lowest BCUT2D eigenvalue weighted by molar-refractivity contribution is -0.141. The molecular formula is C22H34N4O7S2. The third kappa shape index (κ3) is 5.63. The van der Waals surface area contributed by atoms with Crippen molar-refractivity contribution in [3.63, 3.8) is 0 Å². The highest BCUT2D eigenvalue weighted by Crippen LogP contribution is 2.27. The molecule has 2 aliphatic heterocycles. The maximum Gasteiger partial charge on any atom is 0.407 e. The third-order valence-corrected chi connectivity index (χ3v) is 10.7. The van der Waals surface area contributed by atoms with Gasteiger partial charge < -0.3 is 14.9 Å². The normalized spacial score (nSPS) is 22.4. The van der Waals surface area contributed by atoms with Gasteiger partial charge in [0.05, 0.1) is 15.7 Å². The smallest absolute Gasteiger partial charge is 0.407 e. The number of nitrogens with zero attached hydrogens (tertiary/aromatic N) is 4. The summed E-state index contributed by atoms with van der Waals surface area (Å²) in [5.74, 6) is -0.678. The van der Waals surface area contributed by atoms with E-state index in [-0.39, 0.29) is 54.5 Å². The van der Waals surface area contributed by atoms with E-state index in [0.717, 1.165) is 0 Å². The number of amides is 2. The Morgan fingerprint density at radius 3 is 2.11 bits per heavy atom. The van der Waals surface area contributed by atoms with Gasteiger partial charge in [0.2, 0.25) is 26.0 Å². The standard InChI is InChI=1S/C22H34N4O7S2/c1-4-24(5-2)34(30,31)19-8-10-20(11-9-19)35(32,33)25-12-6-7-18(16-25)21(27)26-14-13-23(22(28)29)15-17(26)3/h8-11,17-18H,4-7,12-16H2,1-3H3,(H,28,29). The number of hydrogen-bond donors (Lipinski definition) is 1. The summed E-state index contributed by atoms with van der Waals surface area (Å²) in [7, 11) is -7.62. The van der Waals surface area contributed by atoms with Crippen molar-refractivity contribution in [2.24, 2.45) is 5.92 Å². The summed E-state index contributed by atoms with van der Waals surface area (Å²) in [5.41, 5.74) is 0. The van der Waals surface area contributed by atoms with E-state index in [1.807, 2.05) is 0 Å². The summed E-state index contributed by atoms with van der Waals surface area (Å²) < 4.78 is 54.6. The van der Waals surface area contributed by atoms with Crippen molar-refractivity contribution in [2.75, 3.05) is 45.8 Å². The molecule has 2 heterocycles. The van der Waals surface area contributed by atoms with Gasteiger partial charge in [0.25, 0.3) is 0 Å². The summed E-state index contributed by atoms with van der Waals surface area (Å²) >= 11 is 0. The van der Waals surface area contributed by atoms with Crippen LogP contribution in [-0.4, -0.2) is 104 Å². The van der Waals surface area contributed by atoms with E-state index in [1.165, 1.54) is 37.8 Å². The molecule has 2 unspecified atom stereocenters. The molecule has 0 bridgehead atoms. The largest absolute Gasteiger partial charge is 0.465 e. The van der Waals surface area contributed by atoms with Crippen LogP contribution in [0, 0.1) is 5.92 Å². The maximum absolute atomic E-state index is 13.3. The Kier molecular flexibility index (Phi) is 8.45. The first kappa shape index (κ1) is 27.4. The number of carbonyl (C=O) groups excluding carboxylic acids is 1. The molecule has 2 aliphatic rings. The van der Waals surface area contributed by atoms with Crippen LogP contribution in [-0.2, 0) is 24.8 Å². The fourth-order valence-electron chi connectivity index (χ4n) is 4.70. The third-order valence-electron chi connectivity index (χ3n) is 6.72. The van der Waals surface area contributed by atoms with Gasteiger partial charge in [0.15, 0.2) is 0 Å². The first-order valence-electron chi connectivity index (χ1n) is 11.8. The van der Waals surface area contributed by atoms with Crippen LogP contribution in [0.15, 0.2) is 34.1 Å². The van der Waals surface area contributed by atoms with E-state index in [9.17, 15) is 31.5 Å². The van der Waals surface area contributed by atoms with Crippen molar-refractivity contribution >= 4 is 32.0 Å². The van der Waals surface area contributed by atoms with E-state index < -0.39 is 32.1 Å². The quantitative estimate of drug-likeness (QED) is 0.562. The van der Waals surface area contributed by atoms with Crippen molar-refractivity contribution in [2.45, 2.75) is 49.4 Å². The SMILES string of the molecule is CCN(CC)S(=O)(=O)c1ccc(S(=O)(=O)N2CCCC(C(=O)N3CCN(C(=O)O)CC3C)C2)cc1. The highest BCUT2D eigenvalue weighted by Gasteiger charge is 2.38. The van der Waals surface area contributed by atoms with E-state index in [4.69, 9.17) is 0 Å². The maximum atomic E-state index is 13.3. The molecule has 196 valence electrons. The zero-order valence-corrected chi connectivity index (χ0v) is 22.0. The molecule has 2 atom stereocenters. The average Bonchev–Trinajstić information content (AvgIpc) is 2.84. The zero-order valence-electron chi connectivity index (χ0n) is 20.3. The van der Waals surface area contributed by atoms with Gasteiger partial charge >= 0.3 is 6.09 Å². The number of piperazine rings is 1. The molecule has 11 nitrogen and oxygen atoms in total. The molecule has 0 spiro atoms. The lowest BCUT2D eigenvalue weighted by Gasteiger charge is -2.41. The first-order valence-corrected chi connectivity index (χ1v) is 14.7. The van der Waals surface area contributed by atoms with E-state index in [2.05, 4.69) is 0 Å². The lowest BCUT2D eigenvalue weighted by Crippen LogP contribution is -2.57. The van der Waals surface area contributed by atoms with Crippen molar-refractivity contribution < 1.29 is 31.5 Å². The zero-order chi connectivity index (χ0) is 26.0. The second-order valence-electron chi connectivity index (χ2n) is 8.87. The van der Waals surface area contributed by atoms with Crippen LogP contribution in [0.2, 0.25) is 0 Å². The number of sulfonamides is 2. The van der Waals surface area contributed by atoms with Gasteiger partial charge in [0, 0.05) is 51.9 Å². The van der Waals surface area contributed by atoms with Gasteiger partial charge in [0.1, 0.15) is 0 Å². The number of rotatable bonds is 7. The second-order valence-corrected chi connectivity index (χ2v) is 12.7. The number of carbonyl (C=O) groups is 2. The molecule has 2 fully saturated rings. The van der Waals surface area contributed by atoms with Crippen LogP contribution in [0.3, 0.4) is 0 Å². The summed E-state index contributed by atoms with van der Waals surface area (Å²) in [5, 5.41) is 9.19. The number of hydrogen-bond acceptors (Lipinski definition) is 6. The highest BCUT2D eigenvalue weighted by molar-refractivity contribution is 7.89. The van der Waals surface area contributed by atoms with Crippen LogP contribution in [0.25, 0.3) is 0 Å². The van der Waals surface area contributed by atoms with Gasteiger partial charge in [-0.2, -0.15) is 8.61 Å². The van der Waals surface area contributed by atoms with Crippen molar-refractivity contribution in [1.82, 2.24) is 18.4 Å². The fraction of sp³-hybridized carbons (Fsp3) is 0.636. The predicted octanol–water partition coefficient (Wildman–Crippen LogP) is 1.33. The Balaban J connectivity index is 1.73. The van der Waals surface area contributed by atoms with Gasteiger partial charge in [-0.05, 0) is 44.0 Å². The average molecular weight is 531 g/mol. The minimum absolute atomic E-state index is 0.0208. The van der Waals surface area contributed by atoms with E-state index in [1.54, 1.807) is 25.7 Å². The fourth-order valence-corrected chi connectivity index (χ4v) is 7.68. The minimum Gasteiger partial charge on any atom is -0.465 e. The minimum atomic E-state index is -3.92. The first-order chi connectivity index (χ1) is 16.4. The second kappa shape index (κ2) is 10.8. The molecule has 1 aromatic carbocycles. The molecular weight excluding hydrogens is 496 g/mol. The number of carboxylic acid groups (broad SMARTS) is 1. The number of benzene rings is 1. The molecule has 3 rings (SSSR count). The van der Waals surface area contributed by atoms with Crippen molar-refractivity contribution in [3.05, 3.63) is 24.3 Å². The van der Waals surface area contributed by atoms with Gasteiger partial charge in [-0.3, -0.25) is 4.79 Å². The Morgan fingerprint density at radius 2 is 1.57 bits per heavy atom. The molecule has 0 radical (unpaired) electrons. The van der Waals surface area contributed by atoms with E-state index in [0.29, 0.717) is 25.9 Å². The van der Waals surface area contributed by atoms with Gasteiger partial charge in [-0.1, -0.05) is 13.8 Å². The van der Waals surface area contributed by atoms with Crippen LogP contribution in [0.4, 0.5) is 4.79 Å². The van der Waals surface area contributed by atoms with Crippen LogP contribution >= 0.6 is 0 Å². The van der Waals surface area contributed by atoms with Crippen LogP contribution in [0.1, 0.15) is 33.6 Å². The molecule has 13 heteroatoms. The molecule has 35 heavy (non-hydrogen) atoms. The van der Waals surface area contributed by atoms with E-state index >= 15 is 0 Å². The van der Waals surface area contributed by atoms with Gasteiger partial charge in [-0.25, -0.2) is 21.6 Å². The van der Waals surface area contributed by atoms with Crippen molar-refractivity contribution in [3.8, 4) is 0 Å². The Hall–Kier alpha value is -2.22. The summed E-state index contributed by atoms with van der Waals surface area (Å²) in [6.07, 6.45) is 0.0560. The molecule has 0 aliphatic carbocycles. The highest BCUT2D eigenvalue weighted by atomic mass is 32.2. The summed E-state index contributed by atoms with van der Waals surface area (Å²) in [6.45, 7) is 6.91.